The van der Waals surface area contributed by atoms with Gasteiger partial charge in [-0.1, -0.05) is 21.1 Å². The van der Waals surface area contributed by atoms with Gasteiger partial charge in [0, 0.05) is 17.9 Å². The van der Waals surface area contributed by atoms with E-state index in [9.17, 15) is 8.42 Å². The van der Waals surface area contributed by atoms with E-state index in [1.54, 1.807) is 7.05 Å². The molecule has 1 saturated carbocycles. The molecule has 0 saturated heterocycles. The van der Waals surface area contributed by atoms with Gasteiger partial charge in [-0.25, -0.2) is 17.8 Å². The first kappa shape index (κ1) is 12.5. The number of aromatic nitrogens is 3. The molecule has 0 unspecified atom stereocenters. The molecular formula is C7H10Br2N4O2S. The summed E-state index contributed by atoms with van der Waals surface area (Å²) in [5.74, 6) is 0. The fourth-order valence-corrected chi connectivity index (χ4v) is 4.80. The fourth-order valence-electron chi connectivity index (χ4n) is 1.36. The van der Waals surface area contributed by atoms with Crippen molar-refractivity contribution in [3.8, 4) is 0 Å². The number of nitrogens with zero attached hydrogens (tertiary/aromatic N) is 3. The number of halogens is 2. The van der Waals surface area contributed by atoms with E-state index in [1.165, 1.54) is 4.68 Å². The molecule has 1 aromatic heterocycles. The van der Waals surface area contributed by atoms with Crippen LogP contribution in [-0.2, 0) is 17.1 Å². The van der Waals surface area contributed by atoms with E-state index < -0.39 is 10.0 Å². The third-order valence-corrected chi connectivity index (χ3v) is 5.99. The number of hydrogen-bond donors (Lipinski definition) is 1. The molecule has 0 aromatic carbocycles. The topological polar surface area (TPSA) is 76.9 Å². The lowest BCUT2D eigenvalue weighted by molar-refractivity contribution is 0.543. The van der Waals surface area contributed by atoms with Gasteiger partial charge in [0.05, 0.1) is 0 Å². The van der Waals surface area contributed by atoms with Gasteiger partial charge in [0.15, 0.2) is 4.60 Å². The van der Waals surface area contributed by atoms with Crippen molar-refractivity contribution in [3.63, 3.8) is 0 Å². The highest BCUT2D eigenvalue weighted by molar-refractivity contribution is 9.10. The lowest BCUT2D eigenvalue weighted by Gasteiger charge is -2.14. The zero-order chi connectivity index (χ0) is 12.0. The van der Waals surface area contributed by atoms with Crippen molar-refractivity contribution in [1.29, 1.82) is 0 Å². The zero-order valence-corrected chi connectivity index (χ0v) is 12.4. The maximum absolute atomic E-state index is 12.1. The minimum atomic E-state index is -3.57. The van der Waals surface area contributed by atoms with Gasteiger partial charge in [-0.05, 0) is 28.8 Å². The molecule has 1 fully saturated rings. The van der Waals surface area contributed by atoms with Gasteiger partial charge in [-0.2, -0.15) is 0 Å². The number of alkyl halides is 1. The molecule has 0 amide bonds. The molecule has 1 aliphatic carbocycles. The Morgan fingerprint density at radius 3 is 2.56 bits per heavy atom. The van der Waals surface area contributed by atoms with Crippen LogP contribution in [0.2, 0.25) is 0 Å². The Balaban J connectivity index is 2.33. The van der Waals surface area contributed by atoms with Crippen molar-refractivity contribution in [2.24, 2.45) is 7.05 Å². The normalized spacial score (nSPS) is 18.7. The molecule has 6 nitrogen and oxygen atoms in total. The zero-order valence-electron chi connectivity index (χ0n) is 8.44. The van der Waals surface area contributed by atoms with Gasteiger partial charge >= 0.3 is 0 Å². The second-order valence-electron chi connectivity index (χ2n) is 3.83. The molecule has 0 bridgehead atoms. The van der Waals surface area contributed by atoms with Crippen LogP contribution in [0.3, 0.4) is 0 Å². The predicted molar refractivity (Wildman–Crippen MR) is 64.8 cm³/mol. The Morgan fingerprint density at radius 2 is 2.19 bits per heavy atom. The molecule has 1 heterocycles. The van der Waals surface area contributed by atoms with Crippen molar-refractivity contribution in [2.45, 2.75) is 23.4 Å². The summed E-state index contributed by atoms with van der Waals surface area (Å²) in [5.41, 5.74) is -0.331. The van der Waals surface area contributed by atoms with Crippen LogP contribution in [0.4, 0.5) is 0 Å². The number of rotatable bonds is 4. The standard InChI is InChI=1S/C7H10Br2N4O2S/c1-13-6(5(9)10-12-13)16(14,15)11-7(4-8)2-3-7/h11H,2-4H2,1H3. The van der Waals surface area contributed by atoms with Gasteiger partial charge < -0.3 is 0 Å². The first-order chi connectivity index (χ1) is 7.40. The third-order valence-electron chi connectivity index (χ3n) is 2.45. The van der Waals surface area contributed by atoms with Crippen molar-refractivity contribution < 1.29 is 8.42 Å². The van der Waals surface area contributed by atoms with E-state index in [1.807, 2.05) is 0 Å². The van der Waals surface area contributed by atoms with Crippen molar-refractivity contribution in [2.75, 3.05) is 5.33 Å². The molecule has 1 aliphatic rings. The van der Waals surface area contributed by atoms with Crippen LogP contribution in [0, 0.1) is 0 Å². The molecule has 0 radical (unpaired) electrons. The molecule has 1 N–H and O–H groups in total. The molecule has 90 valence electrons. The van der Waals surface area contributed by atoms with Crippen LogP contribution in [0.5, 0.6) is 0 Å². The summed E-state index contributed by atoms with van der Waals surface area (Å²) >= 11 is 6.39. The minimum absolute atomic E-state index is 0.0553. The molecule has 0 spiro atoms. The summed E-state index contributed by atoms with van der Waals surface area (Å²) in [5, 5.41) is 7.97. The highest BCUT2D eigenvalue weighted by atomic mass is 79.9. The second kappa shape index (κ2) is 4.04. The van der Waals surface area contributed by atoms with Crippen LogP contribution in [-0.4, -0.2) is 34.3 Å². The maximum atomic E-state index is 12.1. The summed E-state index contributed by atoms with van der Waals surface area (Å²) < 4.78 is 28.3. The largest absolute Gasteiger partial charge is 0.261 e. The first-order valence-corrected chi connectivity index (χ1v) is 7.95. The average Bonchev–Trinajstić information content (AvgIpc) is 2.86. The quantitative estimate of drug-likeness (QED) is 0.791. The average molecular weight is 374 g/mol. The van der Waals surface area contributed by atoms with E-state index in [0.29, 0.717) is 5.33 Å². The smallest absolute Gasteiger partial charge is 0.235 e. The summed E-state index contributed by atoms with van der Waals surface area (Å²) in [6.45, 7) is 0. The Bertz CT molecular complexity index is 489. The summed E-state index contributed by atoms with van der Waals surface area (Å²) in [6.07, 6.45) is 1.70. The van der Waals surface area contributed by atoms with Crippen LogP contribution >= 0.6 is 31.9 Å². The lowest BCUT2D eigenvalue weighted by Crippen LogP contribution is -2.39. The first-order valence-electron chi connectivity index (χ1n) is 4.55. The molecule has 1 aromatic rings. The van der Waals surface area contributed by atoms with Gasteiger partial charge in [0.1, 0.15) is 0 Å². The maximum Gasteiger partial charge on any atom is 0.261 e. The van der Waals surface area contributed by atoms with Crippen LogP contribution in [0.25, 0.3) is 0 Å². The van der Waals surface area contributed by atoms with E-state index in [-0.39, 0.29) is 15.2 Å². The fraction of sp³-hybridized carbons (Fsp3) is 0.714. The highest BCUT2D eigenvalue weighted by Gasteiger charge is 2.46. The van der Waals surface area contributed by atoms with E-state index in [4.69, 9.17) is 0 Å². The van der Waals surface area contributed by atoms with Gasteiger partial charge in [-0.15, -0.1) is 5.10 Å². The molecule has 2 rings (SSSR count). The molecule has 16 heavy (non-hydrogen) atoms. The molecular weight excluding hydrogens is 364 g/mol. The minimum Gasteiger partial charge on any atom is -0.235 e. The monoisotopic (exact) mass is 372 g/mol. The Morgan fingerprint density at radius 1 is 1.56 bits per heavy atom. The third kappa shape index (κ3) is 2.18. The van der Waals surface area contributed by atoms with Gasteiger partial charge in [0.2, 0.25) is 5.03 Å². The molecule has 0 aliphatic heterocycles. The summed E-state index contributed by atoms with van der Waals surface area (Å²) in [6, 6.07) is 0. The summed E-state index contributed by atoms with van der Waals surface area (Å²) in [7, 11) is -2.03. The number of aryl methyl sites for hydroxylation is 1. The number of nitrogens with one attached hydrogen (secondary N) is 1. The van der Waals surface area contributed by atoms with Crippen LogP contribution < -0.4 is 4.72 Å². The molecule has 0 atom stereocenters. The van der Waals surface area contributed by atoms with Crippen LogP contribution in [0.15, 0.2) is 9.63 Å². The Labute approximate surface area is 110 Å². The van der Waals surface area contributed by atoms with Crippen molar-refractivity contribution in [3.05, 3.63) is 4.60 Å². The van der Waals surface area contributed by atoms with Crippen LogP contribution in [0.1, 0.15) is 12.8 Å². The SMILES string of the molecule is Cn1nnc(Br)c1S(=O)(=O)NC1(CBr)CC1. The lowest BCUT2D eigenvalue weighted by atomic mass is 10.4. The van der Waals surface area contributed by atoms with Crippen molar-refractivity contribution >= 4 is 41.9 Å². The van der Waals surface area contributed by atoms with Gasteiger partial charge in [0.25, 0.3) is 10.0 Å². The van der Waals surface area contributed by atoms with E-state index >= 15 is 0 Å². The van der Waals surface area contributed by atoms with Gasteiger partial charge in [-0.3, -0.25) is 0 Å². The Kier molecular flexibility index (Phi) is 3.15. The number of hydrogen-bond acceptors (Lipinski definition) is 4. The van der Waals surface area contributed by atoms with E-state index in [2.05, 4.69) is 46.9 Å². The second-order valence-corrected chi connectivity index (χ2v) is 6.74. The highest BCUT2D eigenvalue weighted by Crippen LogP contribution is 2.38. The number of sulfonamides is 1. The van der Waals surface area contributed by atoms with Crippen molar-refractivity contribution in [1.82, 2.24) is 19.7 Å². The summed E-state index contributed by atoms with van der Waals surface area (Å²) in [4.78, 5) is 0. The Hall–Kier alpha value is 0.01000. The predicted octanol–water partition coefficient (Wildman–Crippen LogP) is 0.783. The molecule has 9 heteroatoms. The van der Waals surface area contributed by atoms with E-state index in [0.717, 1.165) is 12.8 Å².